The van der Waals surface area contributed by atoms with E-state index in [4.69, 9.17) is 21.1 Å². The van der Waals surface area contributed by atoms with Crippen molar-refractivity contribution in [3.63, 3.8) is 0 Å². The zero-order valence-corrected chi connectivity index (χ0v) is 16.1. The molecule has 4 nitrogen and oxygen atoms in total. The lowest BCUT2D eigenvalue weighted by molar-refractivity contribution is 0.284. The SMILES string of the molecule is COc1cc(CNc2ccc(O)cc2)cc(Cl)c1OCc1ccc(C)cc1. The number of aromatic hydroxyl groups is 1. The summed E-state index contributed by atoms with van der Waals surface area (Å²) in [7, 11) is 1.60. The van der Waals surface area contributed by atoms with Crippen molar-refractivity contribution < 1.29 is 14.6 Å². The third-order valence-corrected chi connectivity index (χ3v) is 4.44. The van der Waals surface area contributed by atoms with Crippen LogP contribution < -0.4 is 14.8 Å². The minimum Gasteiger partial charge on any atom is -0.508 e. The number of rotatable bonds is 7. The van der Waals surface area contributed by atoms with Gasteiger partial charge in [0.1, 0.15) is 12.4 Å². The van der Waals surface area contributed by atoms with Crippen LogP contribution in [0.2, 0.25) is 5.02 Å². The second-order valence-electron chi connectivity index (χ2n) is 6.28. The lowest BCUT2D eigenvalue weighted by Crippen LogP contribution is -2.02. The number of aryl methyl sites for hydroxylation is 1. The van der Waals surface area contributed by atoms with Crippen LogP contribution in [0.4, 0.5) is 5.69 Å². The van der Waals surface area contributed by atoms with Gasteiger partial charge in [-0.15, -0.1) is 0 Å². The Hall–Kier alpha value is -2.85. The van der Waals surface area contributed by atoms with E-state index in [9.17, 15) is 5.11 Å². The zero-order chi connectivity index (χ0) is 19.2. The molecule has 0 bridgehead atoms. The van der Waals surface area contributed by atoms with E-state index in [2.05, 4.69) is 24.4 Å². The van der Waals surface area contributed by atoms with Crippen LogP contribution in [0.25, 0.3) is 0 Å². The highest BCUT2D eigenvalue weighted by atomic mass is 35.5. The monoisotopic (exact) mass is 383 g/mol. The maximum Gasteiger partial charge on any atom is 0.180 e. The van der Waals surface area contributed by atoms with E-state index in [1.54, 1.807) is 19.2 Å². The summed E-state index contributed by atoms with van der Waals surface area (Å²) in [5.41, 5.74) is 4.15. The van der Waals surface area contributed by atoms with Gasteiger partial charge in [-0.05, 0) is 54.4 Å². The molecule has 2 N–H and O–H groups in total. The number of hydrogen-bond acceptors (Lipinski definition) is 4. The molecule has 0 saturated heterocycles. The molecule has 0 atom stereocenters. The van der Waals surface area contributed by atoms with Crippen molar-refractivity contribution >= 4 is 17.3 Å². The first-order chi connectivity index (χ1) is 13.0. The van der Waals surface area contributed by atoms with Crippen molar-refractivity contribution in [3.05, 3.63) is 82.4 Å². The van der Waals surface area contributed by atoms with Crippen molar-refractivity contribution in [2.75, 3.05) is 12.4 Å². The van der Waals surface area contributed by atoms with Crippen LogP contribution >= 0.6 is 11.6 Å². The van der Waals surface area contributed by atoms with Gasteiger partial charge in [0.15, 0.2) is 11.5 Å². The highest BCUT2D eigenvalue weighted by Crippen LogP contribution is 2.37. The van der Waals surface area contributed by atoms with Crippen molar-refractivity contribution in [1.29, 1.82) is 0 Å². The maximum atomic E-state index is 9.35. The van der Waals surface area contributed by atoms with Gasteiger partial charge in [0.25, 0.3) is 0 Å². The predicted octanol–water partition coefficient (Wildman–Crippen LogP) is 5.55. The normalized spacial score (nSPS) is 10.5. The number of hydrogen-bond donors (Lipinski definition) is 2. The van der Waals surface area contributed by atoms with E-state index < -0.39 is 0 Å². The van der Waals surface area contributed by atoms with Gasteiger partial charge < -0.3 is 19.9 Å². The Balaban J connectivity index is 1.70. The van der Waals surface area contributed by atoms with Crippen molar-refractivity contribution in [2.24, 2.45) is 0 Å². The molecule has 0 unspecified atom stereocenters. The van der Waals surface area contributed by atoms with E-state index in [1.807, 2.05) is 36.4 Å². The van der Waals surface area contributed by atoms with Gasteiger partial charge in [0, 0.05) is 12.2 Å². The third-order valence-electron chi connectivity index (χ3n) is 4.16. The number of benzene rings is 3. The molecule has 0 heterocycles. The predicted molar refractivity (Wildman–Crippen MR) is 109 cm³/mol. The van der Waals surface area contributed by atoms with Crippen LogP contribution in [-0.2, 0) is 13.2 Å². The molecule has 0 aromatic heterocycles. The van der Waals surface area contributed by atoms with E-state index in [0.717, 1.165) is 16.8 Å². The fraction of sp³-hybridized carbons (Fsp3) is 0.182. The molecule has 0 aliphatic carbocycles. The third kappa shape index (κ3) is 5.08. The molecule has 0 fully saturated rings. The van der Waals surface area contributed by atoms with E-state index in [1.165, 1.54) is 5.56 Å². The highest BCUT2D eigenvalue weighted by Gasteiger charge is 2.12. The van der Waals surface area contributed by atoms with E-state index in [-0.39, 0.29) is 5.75 Å². The van der Waals surface area contributed by atoms with Gasteiger partial charge in [0.2, 0.25) is 0 Å². The smallest absolute Gasteiger partial charge is 0.180 e. The van der Waals surface area contributed by atoms with Gasteiger partial charge >= 0.3 is 0 Å². The first-order valence-electron chi connectivity index (χ1n) is 8.63. The Morgan fingerprint density at radius 2 is 1.67 bits per heavy atom. The molecule has 0 amide bonds. The lowest BCUT2D eigenvalue weighted by Gasteiger charge is -2.15. The summed E-state index contributed by atoms with van der Waals surface area (Å²) in [6, 6.07) is 18.8. The Morgan fingerprint density at radius 1 is 0.963 bits per heavy atom. The maximum absolute atomic E-state index is 9.35. The fourth-order valence-corrected chi connectivity index (χ4v) is 2.93. The summed E-state index contributed by atoms with van der Waals surface area (Å²) in [4.78, 5) is 0. The number of nitrogens with one attached hydrogen (secondary N) is 1. The second kappa shape index (κ2) is 8.69. The average molecular weight is 384 g/mol. The number of ether oxygens (including phenoxy) is 2. The summed E-state index contributed by atoms with van der Waals surface area (Å²) in [6.07, 6.45) is 0. The first kappa shape index (κ1) is 18.9. The molecule has 3 aromatic rings. The Labute approximate surface area is 164 Å². The summed E-state index contributed by atoms with van der Waals surface area (Å²) in [6.45, 7) is 3.04. The van der Waals surface area contributed by atoms with Crippen molar-refractivity contribution in [1.82, 2.24) is 0 Å². The molecule has 3 aromatic carbocycles. The number of halogens is 1. The number of methoxy groups -OCH3 is 1. The minimum absolute atomic E-state index is 0.236. The molecule has 140 valence electrons. The molecular formula is C22H22ClNO3. The summed E-state index contributed by atoms with van der Waals surface area (Å²) < 4.78 is 11.4. The van der Waals surface area contributed by atoms with Gasteiger partial charge in [-0.1, -0.05) is 41.4 Å². The molecule has 0 aliphatic heterocycles. The molecule has 27 heavy (non-hydrogen) atoms. The topological polar surface area (TPSA) is 50.7 Å². The summed E-state index contributed by atoms with van der Waals surface area (Å²) in [5.74, 6) is 1.37. The standard InChI is InChI=1S/C22H22ClNO3/c1-15-3-5-16(6-4-15)14-27-22-20(23)11-17(12-21(22)26-2)13-24-18-7-9-19(25)10-8-18/h3-12,24-25H,13-14H2,1-2H3. The van der Waals surface area contributed by atoms with E-state index >= 15 is 0 Å². The van der Waals surface area contributed by atoms with E-state index in [0.29, 0.717) is 29.7 Å². The second-order valence-corrected chi connectivity index (χ2v) is 6.69. The summed E-state index contributed by atoms with van der Waals surface area (Å²) >= 11 is 6.44. The quantitative estimate of drug-likeness (QED) is 0.525. The Kier molecular flexibility index (Phi) is 6.09. The Bertz CT molecular complexity index is 893. The Morgan fingerprint density at radius 3 is 2.33 bits per heavy atom. The van der Waals surface area contributed by atoms with Crippen LogP contribution in [0.5, 0.6) is 17.2 Å². The van der Waals surface area contributed by atoms with Crippen LogP contribution in [0.3, 0.4) is 0 Å². The minimum atomic E-state index is 0.236. The summed E-state index contributed by atoms with van der Waals surface area (Å²) in [5, 5.41) is 13.1. The number of phenolic OH excluding ortho intramolecular Hbond substituents is 1. The molecule has 0 aliphatic rings. The number of phenols is 1. The average Bonchev–Trinajstić information content (AvgIpc) is 2.67. The van der Waals surface area contributed by atoms with Crippen LogP contribution in [0.1, 0.15) is 16.7 Å². The molecule has 0 saturated carbocycles. The molecule has 3 rings (SSSR count). The number of anilines is 1. The van der Waals surface area contributed by atoms with Crippen LogP contribution in [0.15, 0.2) is 60.7 Å². The van der Waals surface area contributed by atoms with Gasteiger partial charge in [-0.3, -0.25) is 0 Å². The van der Waals surface area contributed by atoms with Gasteiger partial charge in [-0.2, -0.15) is 0 Å². The molecule has 0 radical (unpaired) electrons. The van der Waals surface area contributed by atoms with Gasteiger partial charge in [-0.25, -0.2) is 0 Å². The highest BCUT2D eigenvalue weighted by molar-refractivity contribution is 6.32. The molecular weight excluding hydrogens is 362 g/mol. The van der Waals surface area contributed by atoms with Crippen molar-refractivity contribution in [3.8, 4) is 17.2 Å². The lowest BCUT2D eigenvalue weighted by atomic mass is 10.1. The first-order valence-corrected chi connectivity index (χ1v) is 9.00. The van der Waals surface area contributed by atoms with Crippen LogP contribution in [-0.4, -0.2) is 12.2 Å². The van der Waals surface area contributed by atoms with Gasteiger partial charge in [0.05, 0.1) is 12.1 Å². The molecule has 0 spiro atoms. The largest absolute Gasteiger partial charge is 0.508 e. The molecule has 5 heteroatoms. The fourth-order valence-electron chi connectivity index (χ4n) is 2.64. The van der Waals surface area contributed by atoms with Crippen LogP contribution in [0, 0.1) is 6.92 Å². The zero-order valence-electron chi connectivity index (χ0n) is 15.3. The van der Waals surface area contributed by atoms with Crippen molar-refractivity contribution in [2.45, 2.75) is 20.1 Å².